The van der Waals surface area contributed by atoms with Crippen LogP contribution in [0.2, 0.25) is 0 Å². The first-order valence-corrected chi connectivity index (χ1v) is 6.14. The molecule has 5 heteroatoms. The van der Waals surface area contributed by atoms with Crippen LogP contribution in [0.25, 0.3) is 0 Å². The zero-order chi connectivity index (χ0) is 12.9. The summed E-state index contributed by atoms with van der Waals surface area (Å²) in [6, 6.07) is 5.57. The van der Waals surface area contributed by atoms with Gasteiger partial charge in [-0.15, -0.1) is 0 Å². The van der Waals surface area contributed by atoms with Crippen LogP contribution in [-0.4, -0.2) is 35.9 Å². The lowest BCUT2D eigenvalue weighted by atomic mass is 10.1. The number of hydrogen-bond donors (Lipinski definition) is 1. The first-order valence-electron chi connectivity index (χ1n) is 6.14. The van der Waals surface area contributed by atoms with E-state index in [1.807, 2.05) is 26.0 Å². The molecule has 0 unspecified atom stereocenters. The van der Waals surface area contributed by atoms with Gasteiger partial charge in [-0.2, -0.15) is 0 Å². The minimum Gasteiger partial charge on any atom is -0.399 e. The smallest absolute Gasteiger partial charge is 0.263 e. The SMILES string of the molecule is CC(C)N1C(=O)c2cc(N)ccc2N2CCN=C21. The molecule has 0 fully saturated rings. The van der Waals surface area contributed by atoms with Gasteiger partial charge in [0.2, 0.25) is 5.96 Å². The number of carbonyl (C=O) groups is 1. The summed E-state index contributed by atoms with van der Waals surface area (Å²) in [4.78, 5) is 20.8. The van der Waals surface area contributed by atoms with Crippen LogP contribution in [0, 0.1) is 0 Å². The predicted molar refractivity (Wildman–Crippen MR) is 71.8 cm³/mol. The molecule has 2 N–H and O–H groups in total. The average Bonchev–Trinajstić information content (AvgIpc) is 2.77. The molecule has 1 aromatic rings. The number of carbonyl (C=O) groups excluding carboxylic acids is 1. The van der Waals surface area contributed by atoms with Crippen LogP contribution < -0.4 is 10.6 Å². The van der Waals surface area contributed by atoms with Crippen molar-refractivity contribution in [3.05, 3.63) is 23.8 Å². The Labute approximate surface area is 106 Å². The maximum absolute atomic E-state index is 12.5. The Morgan fingerprint density at radius 3 is 2.89 bits per heavy atom. The Bertz CT molecular complexity index is 550. The normalized spacial score (nSPS) is 17.9. The summed E-state index contributed by atoms with van der Waals surface area (Å²) in [5.74, 6) is 0.761. The number of nitrogens with two attached hydrogens (primary N) is 1. The van der Waals surface area contributed by atoms with Gasteiger partial charge < -0.3 is 10.6 Å². The van der Waals surface area contributed by atoms with Crippen LogP contribution in [0.5, 0.6) is 0 Å². The second-order valence-corrected chi connectivity index (χ2v) is 4.88. The number of nitrogens with zero attached hydrogens (tertiary/aromatic N) is 3. The van der Waals surface area contributed by atoms with Crippen molar-refractivity contribution in [1.82, 2.24) is 4.90 Å². The molecule has 0 saturated carbocycles. The molecule has 0 spiro atoms. The molecule has 2 aliphatic rings. The van der Waals surface area contributed by atoms with Gasteiger partial charge in [0.05, 0.1) is 17.8 Å². The van der Waals surface area contributed by atoms with Gasteiger partial charge in [-0.05, 0) is 32.0 Å². The highest BCUT2D eigenvalue weighted by Crippen LogP contribution is 2.32. The lowest BCUT2D eigenvalue weighted by molar-refractivity contribution is 0.0811. The molecular weight excluding hydrogens is 228 g/mol. The molecule has 0 atom stereocenters. The number of aliphatic imine (C=N–C) groups is 1. The van der Waals surface area contributed by atoms with Gasteiger partial charge in [-0.3, -0.25) is 14.7 Å². The zero-order valence-electron chi connectivity index (χ0n) is 10.6. The van der Waals surface area contributed by atoms with E-state index in [1.54, 1.807) is 11.0 Å². The molecule has 1 amide bonds. The number of benzene rings is 1. The molecule has 94 valence electrons. The van der Waals surface area contributed by atoms with Crippen molar-refractivity contribution >= 4 is 23.2 Å². The van der Waals surface area contributed by atoms with Gasteiger partial charge in [-0.25, -0.2) is 0 Å². The number of nitrogen functional groups attached to an aromatic ring is 1. The number of fused-ring (bicyclic) bond motifs is 3. The number of rotatable bonds is 1. The van der Waals surface area contributed by atoms with Gasteiger partial charge in [0.15, 0.2) is 0 Å². The topological polar surface area (TPSA) is 61.9 Å². The average molecular weight is 244 g/mol. The van der Waals surface area contributed by atoms with E-state index < -0.39 is 0 Å². The van der Waals surface area contributed by atoms with Crippen molar-refractivity contribution in [1.29, 1.82) is 0 Å². The maximum atomic E-state index is 12.5. The van der Waals surface area contributed by atoms with Crippen LogP contribution in [0.4, 0.5) is 11.4 Å². The molecule has 2 aliphatic heterocycles. The van der Waals surface area contributed by atoms with Gasteiger partial charge >= 0.3 is 0 Å². The molecule has 3 rings (SSSR count). The zero-order valence-corrected chi connectivity index (χ0v) is 10.6. The van der Waals surface area contributed by atoms with Crippen molar-refractivity contribution in [2.75, 3.05) is 23.7 Å². The van der Waals surface area contributed by atoms with E-state index in [9.17, 15) is 4.79 Å². The number of hydrogen-bond acceptors (Lipinski definition) is 4. The lowest BCUT2D eigenvalue weighted by Crippen LogP contribution is -2.52. The Morgan fingerprint density at radius 2 is 2.17 bits per heavy atom. The molecule has 0 aromatic heterocycles. The monoisotopic (exact) mass is 244 g/mol. The Kier molecular flexibility index (Phi) is 2.29. The number of anilines is 2. The summed E-state index contributed by atoms with van der Waals surface area (Å²) in [5.41, 5.74) is 7.99. The van der Waals surface area contributed by atoms with Gasteiger partial charge in [-0.1, -0.05) is 0 Å². The molecule has 5 nitrogen and oxygen atoms in total. The Morgan fingerprint density at radius 1 is 1.39 bits per heavy atom. The van der Waals surface area contributed by atoms with Crippen LogP contribution >= 0.6 is 0 Å². The molecule has 0 aliphatic carbocycles. The Balaban J connectivity index is 2.19. The standard InChI is InChI=1S/C13H16N4O/c1-8(2)17-12(18)10-7-9(14)3-4-11(10)16-6-5-15-13(16)17/h3-4,7-8H,5-6,14H2,1-2H3. The summed E-state index contributed by atoms with van der Waals surface area (Å²) < 4.78 is 0. The second kappa shape index (κ2) is 3.73. The lowest BCUT2D eigenvalue weighted by Gasteiger charge is -2.37. The molecule has 0 saturated heterocycles. The summed E-state index contributed by atoms with van der Waals surface area (Å²) >= 11 is 0. The summed E-state index contributed by atoms with van der Waals surface area (Å²) in [7, 11) is 0. The molecule has 2 heterocycles. The molecular formula is C13H16N4O. The van der Waals surface area contributed by atoms with E-state index in [-0.39, 0.29) is 11.9 Å². The largest absolute Gasteiger partial charge is 0.399 e. The second-order valence-electron chi connectivity index (χ2n) is 4.88. The highest BCUT2D eigenvalue weighted by atomic mass is 16.2. The van der Waals surface area contributed by atoms with E-state index in [0.29, 0.717) is 11.3 Å². The first kappa shape index (κ1) is 11.1. The van der Waals surface area contributed by atoms with E-state index >= 15 is 0 Å². The highest BCUT2D eigenvalue weighted by Gasteiger charge is 2.38. The first-order chi connectivity index (χ1) is 8.59. The number of guanidine groups is 1. The fourth-order valence-electron chi connectivity index (χ4n) is 2.52. The highest BCUT2D eigenvalue weighted by molar-refractivity contribution is 6.19. The summed E-state index contributed by atoms with van der Waals surface area (Å²) in [6.45, 7) is 5.54. The van der Waals surface area contributed by atoms with Crippen molar-refractivity contribution in [3.8, 4) is 0 Å². The van der Waals surface area contributed by atoms with Crippen molar-refractivity contribution in [2.45, 2.75) is 19.9 Å². The molecule has 0 bridgehead atoms. The van der Waals surface area contributed by atoms with Crippen LogP contribution in [0.1, 0.15) is 24.2 Å². The van der Waals surface area contributed by atoms with Crippen LogP contribution in [0.3, 0.4) is 0 Å². The van der Waals surface area contributed by atoms with Crippen LogP contribution in [0.15, 0.2) is 23.2 Å². The van der Waals surface area contributed by atoms with Gasteiger partial charge in [0, 0.05) is 18.3 Å². The minimum atomic E-state index is -0.01000. The minimum absolute atomic E-state index is 0.01000. The third kappa shape index (κ3) is 1.40. The van der Waals surface area contributed by atoms with Gasteiger partial charge in [0.25, 0.3) is 5.91 Å². The van der Waals surface area contributed by atoms with E-state index in [2.05, 4.69) is 9.89 Å². The fourth-order valence-corrected chi connectivity index (χ4v) is 2.52. The van der Waals surface area contributed by atoms with Crippen molar-refractivity contribution in [2.24, 2.45) is 4.99 Å². The molecule has 1 aromatic carbocycles. The number of amides is 1. The third-order valence-electron chi connectivity index (χ3n) is 3.31. The van der Waals surface area contributed by atoms with Crippen molar-refractivity contribution in [3.63, 3.8) is 0 Å². The molecule has 0 radical (unpaired) electrons. The fraction of sp³-hybridized carbons (Fsp3) is 0.385. The quantitative estimate of drug-likeness (QED) is 0.758. The summed E-state index contributed by atoms with van der Waals surface area (Å²) in [5, 5.41) is 0. The Hall–Kier alpha value is -2.04. The van der Waals surface area contributed by atoms with E-state index in [4.69, 9.17) is 5.73 Å². The third-order valence-corrected chi connectivity index (χ3v) is 3.31. The van der Waals surface area contributed by atoms with E-state index in [0.717, 1.165) is 24.7 Å². The van der Waals surface area contributed by atoms with E-state index in [1.165, 1.54) is 0 Å². The van der Waals surface area contributed by atoms with Crippen molar-refractivity contribution < 1.29 is 4.79 Å². The maximum Gasteiger partial charge on any atom is 0.263 e. The predicted octanol–water partition coefficient (Wildman–Crippen LogP) is 1.31. The summed E-state index contributed by atoms with van der Waals surface area (Å²) in [6.07, 6.45) is 0. The van der Waals surface area contributed by atoms with Gasteiger partial charge in [0.1, 0.15) is 0 Å². The van der Waals surface area contributed by atoms with Crippen LogP contribution in [-0.2, 0) is 0 Å². The molecule has 18 heavy (non-hydrogen) atoms.